The first kappa shape index (κ1) is 25.9. The topological polar surface area (TPSA) is 81.7 Å². The first-order chi connectivity index (χ1) is 18.6. The SMILES string of the molecule is CN1CCC2(CCc3c(O)ccc(-c4ccc(-c5cnc([C@@H]6CCCN6C(=O)OC(C)(C)C)[nH]5)cc4)c32)CC1. The van der Waals surface area contributed by atoms with Gasteiger partial charge in [0.1, 0.15) is 17.2 Å². The molecular weight excluding hydrogens is 488 g/mol. The van der Waals surface area contributed by atoms with Gasteiger partial charge in [-0.05, 0) is 119 Å². The number of aromatic hydroxyl groups is 1. The van der Waals surface area contributed by atoms with E-state index >= 15 is 0 Å². The number of aromatic nitrogens is 2. The van der Waals surface area contributed by atoms with Crippen molar-refractivity contribution in [2.75, 3.05) is 26.7 Å². The number of phenols is 1. The predicted octanol–water partition coefficient (Wildman–Crippen LogP) is 6.43. The van der Waals surface area contributed by atoms with Gasteiger partial charge in [-0.25, -0.2) is 9.78 Å². The Bertz CT molecular complexity index is 1360. The molecule has 1 amide bonds. The second kappa shape index (κ2) is 9.70. The third-order valence-corrected chi connectivity index (χ3v) is 8.92. The van der Waals surface area contributed by atoms with Crippen LogP contribution in [0.25, 0.3) is 22.4 Å². The Kier molecular flexibility index (Phi) is 6.45. The Morgan fingerprint density at radius 3 is 2.49 bits per heavy atom. The Morgan fingerprint density at radius 1 is 1.05 bits per heavy atom. The van der Waals surface area contributed by atoms with Gasteiger partial charge >= 0.3 is 6.09 Å². The number of hydrogen-bond donors (Lipinski definition) is 2. The van der Waals surface area contributed by atoms with Crippen molar-refractivity contribution in [3.05, 3.63) is 59.5 Å². The molecule has 2 N–H and O–H groups in total. The van der Waals surface area contributed by atoms with Gasteiger partial charge in [-0.1, -0.05) is 30.3 Å². The number of fused-ring (bicyclic) bond motifs is 2. The maximum absolute atomic E-state index is 12.8. The molecule has 7 nitrogen and oxygen atoms in total. The molecule has 39 heavy (non-hydrogen) atoms. The van der Waals surface area contributed by atoms with Crippen molar-refractivity contribution in [3.8, 4) is 28.1 Å². The summed E-state index contributed by atoms with van der Waals surface area (Å²) in [5, 5.41) is 10.7. The largest absolute Gasteiger partial charge is 0.508 e. The number of imidazole rings is 1. The van der Waals surface area contributed by atoms with Crippen molar-refractivity contribution >= 4 is 6.09 Å². The summed E-state index contributed by atoms with van der Waals surface area (Å²) in [7, 11) is 2.20. The van der Waals surface area contributed by atoms with E-state index in [0.717, 1.165) is 74.3 Å². The molecule has 0 saturated carbocycles. The van der Waals surface area contributed by atoms with Crippen LogP contribution in [0.5, 0.6) is 5.75 Å². The number of ether oxygens (including phenoxy) is 1. The maximum atomic E-state index is 12.8. The molecule has 2 fully saturated rings. The van der Waals surface area contributed by atoms with Crippen LogP contribution >= 0.6 is 0 Å². The number of likely N-dealkylation sites (tertiary alicyclic amines) is 2. The highest BCUT2D eigenvalue weighted by Crippen LogP contribution is 2.52. The van der Waals surface area contributed by atoms with Crippen LogP contribution < -0.4 is 0 Å². The molecule has 6 rings (SSSR count). The minimum absolute atomic E-state index is 0.0989. The predicted molar refractivity (Wildman–Crippen MR) is 153 cm³/mol. The van der Waals surface area contributed by atoms with E-state index in [1.54, 1.807) is 4.90 Å². The van der Waals surface area contributed by atoms with Crippen LogP contribution in [0.3, 0.4) is 0 Å². The number of phenolic OH excluding ortho intramolecular Hbond substituents is 1. The highest BCUT2D eigenvalue weighted by atomic mass is 16.6. The molecule has 1 aromatic heterocycles. The molecule has 1 atom stereocenters. The van der Waals surface area contributed by atoms with Crippen LogP contribution in [0, 0.1) is 0 Å². The van der Waals surface area contributed by atoms with E-state index in [9.17, 15) is 9.90 Å². The van der Waals surface area contributed by atoms with E-state index < -0.39 is 5.60 Å². The van der Waals surface area contributed by atoms with Crippen molar-refractivity contribution < 1.29 is 14.6 Å². The fourth-order valence-electron chi connectivity index (χ4n) is 6.84. The summed E-state index contributed by atoms with van der Waals surface area (Å²) < 4.78 is 5.63. The second-order valence-electron chi connectivity index (χ2n) is 12.7. The van der Waals surface area contributed by atoms with Crippen molar-refractivity contribution in [3.63, 3.8) is 0 Å². The van der Waals surface area contributed by atoms with Crippen LogP contribution in [0.2, 0.25) is 0 Å². The van der Waals surface area contributed by atoms with E-state index in [4.69, 9.17) is 4.74 Å². The fourth-order valence-corrected chi connectivity index (χ4v) is 6.84. The smallest absolute Gasteiger partial charge is 0.410 e. The molecule has 3 aliphatic rings. The van der Waals surface area contributed by atoms with E-state index in [1.165, 1.54) is 16.7 Å². The minimum atomic E-state index is -0.523. The zero-order valence-electron chi connectivity index (χ0n) is 23.6. The monoisotopic (exact) mass is 528 g/mol. The third-order valence-electron chi connectivity index (χ3n) is 8.92. The lowest BCUT2D eigenvalue weighted by molar-refractivity contribution is 0.0218. The molecule has 3 heterocycles. The molecule has 1 aliphatic carbocycles. The average molecular weight is 529 g/mol. The number of piperidine rings is 1. The van der Waals surface area contributed by atoms with Gasteiger partial charge in [0.25, 0.3) is 0 Å². The summed E-state index contributed by atoms with van der Waals surface area (Å²) in [5.74, 6) is 1.25. The zero-order chi connectivity index (χ0) is 27.4. The molecule has 7 heteroatoms. The highest BCUT2D eigenvalue weighted by Gasteiger charge is 2.43. The summed E-state index contributed by atoms with van der Waals surface area (Å²) >= 11 is 0. The van der Waals surface area contributed by atoms with E-state index in [0.29, 0.717) is 12.3 Å². The van der Waals surface area contributed by atoms with E-state index in [1.807, 2.05) is 33.0 Å². The molecule has 2 aliphatic heterocycles. The van der Waals surface area contributed by atoms with Crippen molar-refractivity contribution in [1.29, 1.82) is 0 Å². The number of carbonyl (C=O) groups is 1. The highest BCUT2D eigenvalue weighted by molar-refractivity contribution is 5.76. The lowest BCUT2D eigenvalue weighted by Crippen LogP contribution is -2.39. The summed E-state index contributed by atoms with van der Waals surface area (Å²) in [6, 6.07) is 12.5. The average Bonchev–Trinajstić information content (AvgIpc) is 3.65. The quantitative estimate of drug-likeness (QED) is 0.409. The van der Waals surface area contributed by atoms with Gasteiger partial charge in [-0.3, -0.25) is 4.90 Å². The Morgan fingerprint density at radius 2 is 1.77 bits per heavy atom. The standard InChI is InChI=1S/C32H40N4O3/c1-31(2,3)39-30(38)36-17-5-6-26(36)29-33-20-25(34-29)22-9-7-21(8-10-22)23-11-12-27(37)24-13-14-32(28(23)24)15-18-35(4)19-16-32/h7-12,20,26,37H,5-6,13-19H2,1-4H3,(H,33,34)/t26-/m0/s1. The van der Waals surface area contributed by atoms with Gasteiger partial charge in [0.05, 0.1) is 17.9 Å². The Hall–Kier alpha value is -3.32. The number of amides is 1. The molecule has 2 aromatic carbocycles. The van der Waals surface area contributed by atoms with E-state index in [-0.39, 0.29) is 17.6 Å². The molecule has 2 saturated heterocycles. The molecule has 3 aromatic rings. The number of aromatic amines is 1. The number of hydrogen-bond acceptors (Lipinski definition) is 5. The summed E-state index contributed by atoms with van der Waals surface area (Å²) in [5.41, 5.74) is 6.58. The number of carbonyl (C=O) groups excluding carboxylic acids is 1. The lowest BCUT2D eigenvalue weighted by Gasteiger charge is -2.39. The number of H-pyrrole nitrogens is 1. The zero-order valence-corrected chi connectivity index (χ0v) is 23.6. The van der Waals surface area contributed by atoms with E-state index in [2.05, 4.69) is 52.2 Å². The van der Waals surface area contributed by atoms with Crippen LogP contribution in [-0.2, 0) is 16.6 Å². The first-order valence-electron chi connectivity index (χ1n) is 14.3. The van der Waals surface area contributed by atoms with Gasteiger partial charge in [0.2, 0.25) is 0 Å². The molecule has 206 valence electrons. The minimum Gasteiger partial charge on any atom is -0.508 e. The van der Waals surface area contributed by atoms with Gasteiger partial charge in [-0.15, -0.1) is 0 Å². The van der Waals surface area contributed by atoms with Gasteiger partial charge < -0.3 is 19.7 Å². The lowest BCUT2D eigenvalue weighted by atomic mass is 9.71. The number of nitrogens with one attached hydrogen (secondary N) is 1. The third kappa shape index (κ3) is 4.82. The molecule has 0 radical (unpaired) electrons. The fraction of sp³-hybridized carbons (Fsp3) is 0.500. The van der Waals surface area contributed by atoms with Crippen molar-refractivity contribution in [2.24, 2.45) is 0 Å². The van der Waals surface area contributed by atoms with Crippen molar-refractivity contribution in [1.82, 2.24) is 19.8 Å². The van der Waals surface area contributed by atoms with Crippen LogP contribution in [0.1, 0.15) is 75.9 Å². The molecule has 0 unspecified atom stereocenters. The van der Waals surface area contributed by atoms with Crippen molar-refractivity contribution in [2.45, 2.75) is 76.4 Å². The number of rotatable bonds is 3. The second-order valence-corrected chi connectivity index (χ2v) is 12.7. The van der Waals surface area contributed by atoms with Crippen LogP contribution in [0.4, 0.5) is 4.79 Å². The Balaban J connectivity index is 1.25. The Labute approximate surface area is 231 Å². The normalized spacial score (nSPS) is 20.9. The number of nitrogens with zero attached hydrogens (tertiary/aromatic N) is 3. The first-order valence-corrected chi connectivity index (χ1v) is 14.3. The summed E-state index contributed by atoms with van der Waals surface area (Å²) in [6.07, 6.45) is 7.75. The van der Waals surface area contributed by atoms with Gasteiger partial charge in [0.15, 0.2) is 0 Å². The summed E-state index contributed by atoms with van der Waals surface area (Å²) in [4.78, 5) is 25.1. The molecular formula is C32H40N4O3. The maximum Gasteiger partial charge on any atom is 0.410 e. The summed E-state index contributed by atoms with van der Waals surface area (Å²) in [6.45, 7) is 8.56. The van der Waals surface area contributed by atoms with Gasteiger partial charge in [-0.2, -0.15) is 0 Å². The number of benzene rings is 2. The molecule has 1 spiro atoms. The molecule has 0 bridgehead atoms. The van der Waals surface area contributed by atoms with Gasteiger partial charge in [0, 0.05) is 6.54 Å². The van der Waals surface area contributed by atoms with Crippen LogP contribution in [0.15, 0.2) is 42.6 Å². The van der Waals surface area contributed by atoms with Crippen LogP contribution in [-0.4, -0.2) is 63.3 Å².